The lowest BCUT2D eigenvalue weighted by atomic mass is 10.1. The third-order valence-corrected chi connectivity index (χ3v) is 4.98. The molecule has 27 heavy (non-hydrogen) atoms. The van der Waals surface area contributed by atoms with Gasteiger partial charge in [0.1, 0.15) is 5.82 Å². The fourth-order valence-electron chi connectivity index (χ4n) is 2.45. The predicted octanol–water partition coefficient (Wildman–Crippen LogP) is 3.85. The number of phenolic OH excluding ortho intramolecular Hbond substituents is 1. The van der Waals surface area contributed by atoms with E-state index < -0.39 is 28.1 Å². The minimum absolute atomic E-state index is 0.0256. The van der Waals surface area contributed by atoms with Gasteiger partial charge in [0.05, 0.1) is 22.6 Å². The lowest BCUT2D eigenvalue weighted by Gasteiger charge is -2.14. The molecule has 1 N–H and O–H groups in total. The second-order valence-electron chi connectivity index (χ2n) is 5.32. The fourth-order valence-corrected chi connectivity index (χ4v) is 3.74. The Kier molecular flexibility index (Phi) is 5.10. The van der Waals surface area contributed by atoms with Gasteiger partial charge in [0.15, 0.2) is 10.1 Å². The zero-order valence-electron chi connectivity index (χ0n) is 13.7. The van der Waals surface area contributed by atoms with E-state index in [-0.39, 0.29) is 26.2 Å². The minimum Gasteiger partial charge on any atom is -0.500 e. The van der Waals surface area contributed by atoms with Crippen molar-refractivity contribution in [2.75, 3.05) is 12.0 Å². The first-order valence-corrected chi connectivity index (χ1v) is 8.64. The standard InChI is InChI=1S/C17H11FN2O5S2/c1-25-13-7-9(6-12(15(13)21)20(23)24)8-14-16(22)19(17(26)27-14)11-5-3-2-4-10(11)18/h2-8,21H,1H3/b14-8-. The van der Waals surface area contributed by atoms with Crippen molar-refractivity contribution in [2.24, 2.45) is 0 Å². The Morgan fingerprint density at radius 2 is 2.07 bits per heavy atom. The molecular weight excluding hydrogens is 395 g/mol. The van der Waals surface area contributed by atoms with Crippen molar-refractivity contribution >= 4 is 51.7 Å². The van der Waals surface area contributed by atoms with Crippen molar-refractivity contribution in [3.63, 3.8) is 0 Å². The molecule has 138 valence electrons. The van der Waals surface area contributed by atoms with E-state index in [2.05, 4.69) is 0 Å². The van der Waals surface area contributed by atoms with Crippen molar-refractivity contribution < 1.29 is 24.0 Å². The van der Waals surface area contributed by atoms with Gasteiger partial charge in [-0.25, -0.2) is 4.39 Å². The number of benzene rings is 2. The number of nitro benzene ring substituents is 1. The number of hydrogen-bond donors (Lipinski definition) is 1. The van der Waals surface area contributed by atoms with Crippen LogP contribution in [0.1, 0.15) is 5.56 Å². The van der Waals surface area contributed by atoms with Crippen LogP contribution in [-0.2, 0) is 4.79 Å². The maximum absolute atomic E-state index is 14.0. The first-order valence-electron chi connectivity index (χ1n) is 7.41. The first-order chi connectivity index (χ1) is 12.8. The number of phenols is 1. The number of para-hydroxylation sites is 1. The van der Waals surface area contributed by atoms with Crippen LogP contribution in [-0.4, -0.2) is 27.4 Å². The van der Waals surface area contributed by atoms with Gasteiger partial charge in [-0.2, -0.15) is 0 Å². The van der Waals surface area contributed by atoms with Crippen molar-refractivity contribution in [1.82, 2.24) is 0 Å². The summed E-state index contributed by atoms with van der Waals surface area (Å²) in [6, 6.07) is 8.16. The molecule has 7 nitrogen and oxygen atoms in total. The van der Waals surface area contributed by atoms with Gasteiger partial charge in [-0.05, 0) is 29.8 Å². The van der Waals surface area contributed by atoms with Crippen LogP contribution in [0.5, 0.6) is 11.5 Å². The molecule has 1 aliphatic rings. The molecule has 1 saturated heterocycles. The zero-order valence-corrected chi connectivity index (χ0v) is 15.3. The third kappa shape index (κ3) is 3.49. The number of halogens is 1. The normalized spacial score (nSPS) is 15.5. The summed E-state index contributed by atoms with van der Waals surface area (Å²) in [5.41, 5.74) is -0.284. The van der Waals surface area contributed by atoms with Crippen LogP contribution in [0.15, 0.2) is 41.3 Å². The van der Waals surface area contributed by atoms with E-state index >= 15 is 0 Å². The number of ether oxygens (including phenoxy) is 1. The summed E-state index contributed by atoms with van der Waals surface area (Å²) in [5, 5.41) is 20.9. The maximum Gasteiger partial charge on any atom is 0.315 e. The Bertz CT molecular complexity index is 1010. The number of hydrogen-bond acceptors (Lipinski definition) is 7. The highest BCUT2D eigenvalue weighted by Gasteiger charge is 2.35. The van der Waals surface area contributed by atoms with Crippen molar-refractivity contribution in [3.8, 4) is 11.5 Å². The van der Waals surface area contributed by atoms with E-state index in [4.69, 9.17) is 17.0 Å². The van der Waals surface area contributed by atoms with Crippen molar-refractivity contribution in [2.45, 2.75) is 0 Å². The molecular formula is C17H11FN2O5S2. The molecule has 1 amide bonds. The second-order valence-corrected chi connectivity index (χ2v) is 6.99. The van der Waals surface area contributed by atoms with Crippen LogP contribution in [0.3, 0.4) is 0 Å². The molecule has 0 aromatic heterocycles. The fraction of sp³-hybridized carbons (Fsp3) is 0.0588. The number of carbonyl (C=O) groups is 1. The number of nitrogens with zero attached hydrogens (tertiary/aromatic N) is 2. The molecule has 0 saturated carbocycles. The maximum atomic E-state index is 14.0. The van der Waals surface area contributed by atoms with E-state index in [0.29, 0.717) is 0 Å². The van der Waals surface area contributed by atoms with E-state index in [1.54, 1.807) is 6.07 Å². The molecule has 0 atom stereocenters. The predicted molar refractivity (Wildman–Crippen MR) is 103 cm³/mol. The van der Waals surface area contributed by atoms with E-state index in [9.17, 15) is 24.4 Å². The second kappa shape index (κ2) is 7.33. The number of methoxy groups -OCH3 is 1. The van der Waals surface area contributed by atoms with Gasteiger partial charge in [0.2, 0.25) is 5.75 Å². The number of carbonyl (C=O) groups excluding carboxylic acids is 1. The summed E-state index contributed by atoms with van der Waals surface area (Å²) in [7, 11) is 1.25. The van der Waals surface area contributed by atoms with Crippen LogP contribution in [0, 0.1) is 15.9 Å². The molecule has 2 aromatic carbocycles. The SMILES string of the molecule is COc1cc(/C=C2\SC(=S)N(c3ccccc3F)C2=O)cc([N+](=O)[O-])c1O. The number of rotatable bonds is 4. The molecule has 0 aliphatic carbocycles. The Labute approximate surface area is 162 Å². The summed E-state index contributed by atoms with van der Waals surface area (Å²) in [4.78, 5) is 24.2. The number of thiocarbonyl (C=S) groups is 1. The topological polar surface area (TPSA) is 92.9 Å². The van der Waals surface area contributed by atoms with E-state index in [1.165, 1.54) is 37.5 Å². The highest BCUT2D eigenvalue weighted by molar-refractivity contribution is 8.27. The van der Waals surface area contributed by atoms with Crippen LogP contribution >= 0.6 is 24.0 Å². The highest BCUT2D eigenvalue weighted by Crippen LogP contribution is 2.40. The van der Waals surface area contributed by atoms with Crippen LogP contribution in [0.25, 0.3) is 6.08 Å². The van der Waals surface area contributed by atoms with Gasteiger partial charge >= 0.3 is 5.69 Å². The van der Waals surface area contributed by atoms with Crippen molar-refractivity contribution in [3.05, 3.63) is 62.8 Å². The molecule has 0 unspecified atom stereocenters. The van der Waals surface area contributed by atoms with Crippen molar-refractivity contribution in [1.29, 1.82) is 0 Å². The molecule has 1 fully saturated rings. The summed E-state index contributed by atoms with van der Waals surface area (Å²) in [5.74, 6) is -1.87. The van der Waals surface area contributed by atoms with E-state index in [1.807, 2.05) is 0 Å². The quantitative estimate of drug-likeness (QED) is 0.357. The summed E-state index contributed by atoms with van der Waals surface area (Å²) in [6.07, 6.45) is 1.37. The molecule has 0 radical (unpaired) electrons. The number of thioether (sulfide) groups is 1. The molecule has 10 heteroatoms. The average molecular weight is 406 g/mol. The van der Waals surface area contributed by atoms with Crippen LogP contribution < -0.4 is 9.64 Å². The molecule has 0 bridgehead atoms. The number of amides is 1. The Balaban J connectivity index is 2.03. The van der Waals surface area contributed by atoms with Gasteiger partial charge in [0.25, 0.3) is 5.91 Å². The number of nitro groups is 1. The summed E-state index contributed by atoms with van der Waals surface area (Å²) < 4.78 is 19.1. The van der Waals surface area contributed by atoms with Gasteiger partial charge in [-0.3, -0.25) is 19.8 Å². The number of aromatic hydroxyl groups is 1. The monoisotopic (exact) mass is 406 g/mol. The number of anilines is 1. The smallest absolute Gasteiger partial charge is 0.315 e. The van der Waals surface area contributed by atoms with Gasteiger partial charge in [0, 0.05) is 6.07 Å². The van der Waals surface area contributed by atoms with Gasteiger partial charge < -0.3 is 9.84 Å². The van der Waals surface area contributed by atoms with Gasteiger partial charge in [-0.1, -0.05) is 36.1 Å². The zero-order chi connectivity index (χ0) is 19.7. The highest BCUT2D eigenvalue weighted by atomic mass is 32.2. The minimum atomic E-state index is -0.764. The summed E-state index contributed by atoms with van der Waals surface area (Å²) in [6.45, 7) is 0. The largest absolute Gasteiger partial charge is 0.500 e. The molecule has 0 spiro atoms. The average Bonchev–Trinajstić information content (AvgIpc) is 2.90. The Morgan fingerprint density at radius 3 is 2.70 bits per heavy atom. The first kappa shape index (κ1) is 18.8. The molecule has 1 heterocycles. The van der Waals surface area contributed by atoms with Crippen LogP contribution in [0.2, 0.25) is 0 Å². The summed E-state index contributed by atoms with van der Waals surface area (Å²) >= 11 is 6.12. The molecule has 1 aliphatic heterocycles. The van der Waals surface area contributed by atoms with Gasteiger partial charge in [-0.15, -0.1) is 0 Å². The molecule has 2 aromatic rings. The Morgan fingerprint density at radius 1 is 1.37 bits per heavy atom. The molecule has 3 rings (SSSR count). The van der Waals surface area contributed by atoms with Crippen LogP contribution in [0.4, 0.5) is 15.8 Å². The lowest BCUT2D eigenvalue weighted by molar-refractivity contribution is -0.386. The third-order valence-electron chi connectivity index (χ3n) is 3.68. The Hall–Kier alpha value is -2.98. The lowest BCUT2D eigenvalue weighted by Crippen LogP contribution is -2.28. The van der Waals surface area contributed by atoms with E-state index in [0.717, 1.165) is 22.7 Å².